The van der Waals surface area contributed by atoms with Gasteiger partial charge in [-0.05, 0) is 25.0 Å². The zero-order valence-corrected chi connectivity index (χ0v) is 12.6. The van der Waals surface area contributed by atoms with E-state index in [9.17, 15) is 9.59 Å². The van der Waals surface area contributed by atoms with E-state index < -0.39 is 11.8 Å². The van der Waals surface area contributed by atoms with Crippen LogP contribution in [0.3, 0.4) is 0 Å². The Morgan fingerprint density at radius 2 is 1.87 bits per heavy atom. The van der Waals surface area contributed by atoms with Gasteiger partial charge in [0.2, 0.25) is 5.89 Å². The molecule has 1 aliphatic carbocycles. The molecule has 0 radical (unpaired) electrons. The van der Waals surface area contributed by atoms with Crippen molar-refractivity contribution < 1.29 is 14.1 Å². The number of aromatic nitrogens is 2. The summed E-state index contributed by atoms with van der Waals surface area (Å²) in [4.78, 5) is 27.8. The van der Waals surface area contributed by atoms with Crippen molar-refractivity contribution in [1.29, 1.82) is 0 Å². The van der Waals surface area contributed by atoms with Crippen LogP contribution in [0.15, 0.2) is 34.9 Å². The van der Waals surface area contributed by atoms with Gasteiger partial charge >= 0.3 is 11.8 Å². The highest BCUT2D eigenvalue weighted by molar-refractivity contribution is 6.39. The molecule has 120 valence electrons. The maximum absolute atomic E-state index is 11.8. The van der Waals surface area contributed by atoms with Crippen molar-refractivity contribution in [3.05, 3.63) is 42.0 Å². The minimum absolute atomic E-state index is 0.0667. The Labute approximate surface area is 133 Å². The fourth-order valence-corrected chi connectivity index (χ4v) is 2.63. The molecule has 23 heavy (non-hydrogen) atoms. The molecule has 0 saturated heterocycles. The molecule has 0 aliphatic heterocycles. The maximum Gasteiger partial charge on any atom is 0.313 e. The van der Waals surface area contributed by atoms with E-state index in [1.807, 2.05) is 6.07 Å². The first-order valence-electron chi connectivity index (χ1n) is 7.69. The molecule has 1 saturated carbocycles. The number of rotatable bonds is 4. The number of amides is 2. The number of hydrogen-bond acceptors (Lipinski definition) is 5. The van der Waals surface area contributed by atoms with Crippen LogP contribution in [0.2, 0.25) is 0 Å². The number of carbonyl (C=O) groups excluding carboxylic acids is 2. The van der Waals surface area contributed by atoms with Gasteiger partial charge in [-0.1, -0.05) is 36.2 Å². The van der Waals surface area contributed by atoms with Gasteiger partial charge in [0.1, 0.15) is 0 Å². The molecule has 0 bridgehead atoms. The lowest BCUT2D eigenvalue weighted by atomic mass is 10.1. The number of nitrogens with zero attached hydrogens (tertiary/aromatic N) is 2. The molecule has 1 aromatic carbocycles. The molecule has 2 amide bonds. The molecular formula is C16H18N4O3. The van der Waals surface area contributed by atoms with E-state index in [2.05, 4.69) is 20.8 Å². The summed E-state index contributed by atoms with van der Waals surface area (Å²) in [6.07, 6.45) is 4.48. The normalized spacial score (nSPS) is 14.6. The van der Waals surface area contributed by atoms with Gasteiger partial charge < -0.3 is 15.2 Å². The van der Waals surface area contributed by atoms with Crippen LogP contribution in [0.5, 0.6) is 0 Å². The first-order chi connectivity index (χ1) is 11.2. The summed E-state index contributed by atoms with van der Waals surface area (Å²) in [5.74, 6) is -0.127. The van der Waals surface area contributed by atoms with Crippen molar-refractivity contribution in [1.82, 2.24) is 15.5 Å². The molecule has 1 aromatic heterocycles. The molecule has 0 spiro atoms. The average Bonchev–Trinajstić information content (AvgIpc) is 3.24. The summed E-state index contributed by atoms with van der Waals surface area (Å²) in [5.41, 5.74) is 0.565. The quantitative estimate of drug-likeness (QED) is 0.841. The SMILES string of the molecule is O=C(NCc1noc(C2CCCC2)n1)C(=O)Nc1ccccc1. The van der Waals surface area contributed by atoms with Crippen LogP contribution < -0.4 is 10.6 Å². The summed E-state index contributed by atoms with van der Waals surface area (Å²) in [7, 11) is 0. The summed E-state index contributed by atoms with van der Waals surface area (Å²) < 4.78 is 5.22. The van der Waals surface area contributed by atoms with Gasteiger partial charge in [0.25, 0.3) is 0 Å². The molecule has 1 fully saturated rings. The highest BCUT2D eigenvalue weighted by atomic mass is 16.5. The monoisotopic (exact) mass is 314 g/mol. The van der Waals surface area contributed by atoms with Gasteiger partial charge in [0, 0.05) is 11.6 Å². The highest BCUT2D eigenvalue weighted by Crippen LogP contribution is 2.32. The Morgan fingerprint density at radius 1 is 1.13 bits per heavy atom. The molecule has 0 unspecified atom stereocenters. The van der Waals surface area contributed by atoms with E-state index in [-0.39, 0.29) is 6.54 Å². The van der Waals surface area contributed by atoms with Crippen LogP contribution in [0.4, 0.5) is 5.69 Å². The predicted molar refractivity (Wildman–Crippen MR) is 82.4 cm³/mol. The zero-order valence-electron chi connectivity index (χ0n) is 12.6. The molecule has 1 heterocycles. The van der Waals surface area contributed by atoms with Crippen LogP contribution in [0.1, 0.15) is 43.3 Å². The van der Waals surface area contributed by atoms with Gasteiger partial charge in [-0.15, -0.1) is 0 Å². The Morgan fingerprint density at radius 3 is 2.61 bits per heavy atom. The van der Waals surface area contributed by atoms with Crippen LogP contribution >= 0.6 is 0 Å². The van der Waals surface area contributed by atoms with E-state index >= 15 is 0 Å². The van der Waals surface area contributed by atoms with Crippen molar-refractivity contribution in [3.63, 3.8) is 0 Å². The second-order valence-corrected chi connectivity index (χ2v) is 5.53. The molecule has 2 N–H and O–H groups in total. The van der Waals surface area contributed by atoms with Crippen molar-refractivity contribution in [2.75, 3.05) is 5.32 Å². The standard InChI is InChI=1S/C16H18N4O3/c21-14(15(22)18-12-8-2-1-3-9-12)17-10-13-19-16(23-20-13)11-6-4-5-7-11/h1-3,8-9,11H,4-7,10H2,(H,17,21)(H,18,22). The van der Waals surface area contributed by atoms with Gasteiger partial charge in [0.05, 0.1) is 6.54 Å². The summed E-state index contributed by atoms with van der Waals surface area (Å²) in [6.45, 7) is 0.0667. The van der Waals surface area contributed by atoms with Gasteiger partial charge in [-0.3, -0.25) is 9.59 Å². The van der Waals surface area contributed by atoms with Crippen LogP contribution in [0, 0.1) is 0 Å². The predicted octanol–water partition coefficient (Wildman–Crippen LogP) is 1.98. The van der Waals surface area contributed by atoms with Crippen molar-refractivity contribution >= 4 is 17.5 Å². The largest absolute Gasteiger partial charge is 0.340 e. The zero-order chi connectivity index (χ0) is 16.1. The molecule has 7 heteroatoms. The van der Waals surface area contributed by atoms with Crippen LogP contribution in [-0.4, -0.2) is 22.0 Å². The molecule has 2 aromatic rings. The number of carbonyl (C=O) groups is 2. The van der Waals surface area contributed by atoms with E-state index in [4.69, 9.17) is 4.52 Å². The summed E-state index contributed by atoms with van der Waals surface area (Å²) in [5, 5.41) is 8.84. The average molecular weight is 314 g/mol. The molecule has 1 aliphatic rings. The molecule has 7 nitrogen and oxygen atoms in total. The molecule has 0 atom stereocenters. The fourth-order valence-electron chi connectivity index (χ4n) is 2.63. The summed E-state index contributed by atoms with van der Waals surface area (Å²) in [6, 6.07) is 8.79. The van der Waals surface area contributed by atoms with Gasteiger partial charge in [0.15, 0.2) is 5.82 Å². The van der Waals surface area contributed by atoms with Crippen molar-refractivity contribution in [2.24, 2.45) is 0 Å². The number of nitrogens with one attached hydrogen (secondary N) is 2. The minimum atomic E-state index is -0.735. The number of hydrogen-bond donors (Lipinski definition) is 2. The smallest absolute Gasteiger partial charge is 0.313 e. The Balaban J connectivity index is 1.49. The minimum Gasteiger partial charge on any atom is -0.340 e. The first kappa shape index (κ1) is 15.2. The number of para-hydroxylation sites is 1. The lowest BCUT2D eigenvalue weighted by Crippen LogP contribution is -2.35. The van der Waals surface area contributed by atoms with Gasteiger partial charge in [-0.2, -0.15) is 4.98 Å². The first-order valence-corrected chi connectivity index (χ1v) is 7.69. The van der Waals surface area contributed by atoms with Crippen molar-refractivity contribution in [2.45, 2.75) is 38.1 Å². The lowest BCUT2D eigenvalue weighted by molar-refractivity contribution is -0.136. The molecular weight excluding hydrogens is 296 g/mol. The lowest BCUT2D eigenvalue weighted by Gasteiger charge is -2.04. The number of benzene rings is 1. The number of anilines is 1. The fraction of sp³-hybridized carbons (Fsp3) is 0.375. The highest BCUT2D eigenvalue weighted by Gasteiger charge is 2.23. The second-order valence-electron chi connectivity index (χ2n) is 5.53. The van der Waals surface area contributed by atoms with Crippen molar-refractivity contribution in [3.8, 4) is 0 Å². The van der Waals surface area contributed by atoms with Gasteiger partial charge in [-0.25, -0.2) is 0 Å². The van der Waals surface area contributed by atoms with Crippen LogP contribution in [-0.2, 0) is 16.1 Å². The summed E-state index contributed by atoms with van der Waals surface area (Å²) >= 11 is 0. The Hall–Kier alpha value is -2.70. The van der Waals surface area contributed by atoms with E-state index in [1.54, 1.807) is 24.3 Å². The van der Waals surface area contributed by atoms with E-state index in [0.717, 1.165) is 12.8 Å². The second kappa shape index (κ2) is 7.04. The Kier molecular flexibility index (Phi) is 4.65. The molecule has 3 rings (SSSR count). The Bertz CT molecular complexity index is 678. The van der Waals surface area contributed by atoms with Crippen LogP contribution in [0.25, 0.3) is 0 Å². The third-order valence-corrected chi connectivity index (χ3v) is 3.83. The van der Waals surface area contributed by atoms with E-state index in [0.29, 0.717) is 23.3 Å². The third kappa shape index (κ3) is 3.94. The topological polar surface area (TPSA) is 97.1 Å². The maximum atomic E-state index is 11.8. The van der Waals surface area contributed by atoms with E-state index in [1.165, 1.54) is 12.8 Å². The third-order valence-electron chi connectivity index (χ3n) is 3.83.